The number of carbonyl (C=O) groups is 1. The number of carboxylic acid groups (broad SMARTS) is 1. The van der Waals surface area contributed by atoms with E-state index in [-0.39, 0.29) is 18.3 Å². The number of anilines is 2. The molecule has 0 spiro atoms. The third-order valence-electron chi connectivity index (χ3n) is 5.39. The van der Waals surface area contributed by atoms with Crippen LogP contribution in [0.4, 0.5) is 16.4 Å². The van der Waals surface area contributed by atoms with Gasteiger partial charge in [0.1, 0.15) is 17.6 Å². The first-order valence-electron chi connectivity index (χ1n) is 10.4. The van der Waals surface area contributed by atoms with E-state index in [0.29, 0.717) is 49.1 Å². The number of nitriles is 1. The Morgan fingerprint density at radius 1 is 1.30 bits per heavy atom. The average Bonchev–Trinajstić information content (AvgIpc) is 3.31. The second-order valence-electron chi connectivity index (χ2n) is 7.48. The van der Waals surface area contributed by atoms with Crippen molar-refractivity contribution in [2.45, 2.75) is 25.4 Å². The van der Waals surface area contributed by atoms with Gasteiger partial charge in [0.25, 0.3) is 0 Å². The lowest BCUT2D eigenvalue weighted by atomic mass is 10.0. The SMILES string of the molecule is COc1cc(CN(C(=O)O)C2CCOCC2)ccc1-c1cc(Nc2cnc(C#N)cn2)n[nH]1. The first-order valence-corrected chi connectivity index (χ1v) is 10.4. The van der Waals surface area contributed by atoms with Crippen molar-refractivity contribution >= 4 is 17.7 Å². The molecule has 2 aromatic heterocycles. The Hall–Kier alpha value is -4.17. The number of methoxy groups -OCH3 is 1. The van der Waals surface area contributed by atoms with Gasteiger partial charge in [-0.15, -0.1) is 0 Å². The summed E-state index contributed by atoms with van der Waals surface area (Å²) in [5.41, 5.74) is 2.55. The molecule has 3 N–H and O–H groups in total. The maximum atomic E-state index is 11.8. The monoisotopic (exact) mass is 449 g/mol. The molecule has 1 fully saturated rings. The molecule has 0 unspecified atom stereocenters. The summed E-state index contributed by atoms with van der Waals surface area (Å²) in [7, 11) is 1.57. The Labute approximate surface area is 190 Å². The van der Waals surface area contributed by atoms with E-state index in [2.05, 4.69) is 25.5 Å². The molecule has 11 heteroatoms. The van der Waals surface area contributed by atoms with Crippen LogP contribution in [0.3, 0.4) is 0 Å². The highest BCUT2D eigenvalue weighted by atomic mass is 16.5. The summed E-state index contributed by atoms with van der Waals surface area (Å²) in [6.07, 6.45) is 3.26. The highest BCUT2D eigenvalue weighted by Crippen LogP contribution is 2.32. The summed E-state index contributed by atoms with van der Waals surface area (Å²) in [5.74, 6) is 1.57. The predicted octanol–water partition coefficient (Wildman–Crippen LogP) is 3.15. The van der Waals surface area contributed by atoms with E-state index in [4.69, 9.17) is 14.7 Å². The number of nitrogens with one attached hydrogen (secondary N) is 2. The molecule has 0 bridgehead atoms. The minimum absolute atomic E-state index is 0.0616. The molecule has 0 radical (unpaired) electrons. The van der Waals surface area contributed by atoms with Gasteiger partial charge in [0, 0.05) is 37.4 Å². The fourth-order valence-electron chi connectivity index (χ4n) is 3.71. The van der Waals surface area contributed by atoms with Crippen LogP contribution in [-0.2, 0) is 11.3 Å². The molecule has 170 valence electrons. The van der Waals surface area contributed by atoms with Gasteiger partial charge in [-0.1, -0.05) is 6.07 Å². The molecular formula is C22H23N7O4. The van der Waals surface area contributed by atoms with Crippen LogP contribution in [0.25, 0.3) is 11.3 Å². The summed E-state index contributed by atoms with van der Waals surface area (Å²) in [4.78, 5) is 21.4. The van der Waals surface area contributed by atoms with Crippen molar-refractivity contribution in [3.8, 4) is 23.1 Å². The van der Waals surface area contributed by atoms with Gasteiger partial charge < -0.3 is 24.8 Å². The smallest absolute Gasteiger partial charge is 0.407 e. The summed E-state index contributed by atoms with van der Waals surface area (Å²) in [5, 5.41) is 28.7. The lowest BCUT2D eigenvalue weighted by Crippen LogP contribution is -2.42. The topological polar surface area (TPSA) is 149 Å². The number of hydrogen-bond acceptors (Lipinski definition) is 8. The molecule has 3 aromatic rings. The number of H-pyrrole nitrogens is 1. The second kappa shape index (κ2) is 9.97. The van der Waals surface area contributed by atoms with Crippen LogP contribution in [0.2, 0.25) is 0 Å². The van der Waals surface area contributed by atoms with E-state index >= 15 is 0 Å². The highest BCUT2D eigenvalue weighted by molar-refractivity contribution is 5.71. The Morgan fingerprint density at radius 3 is 2.79 bits per heavy atom. The number of rotatable bonds is 7. The van der Waals surface area contributed by atoms with Crippen LogP contribution in [0.15, 0.2) is 36.7 Å². The molecule has 0 atom stereocenters. The zero-order valence-electron chi connectivity index (χ0n) is 18.0. The predicted molar refractivity (Wildman–Crippen MR) is 118 cm³/mol. The second-order valence-corrected chi connectivity index (χ2v) is 7.48. The summed E-state index contributed by atoms with van der Waals surface area (Å²) in [6, 6.07) is 9.24. The minimum Gasteiger partial charge on any atom is -0.496 e. The van der Waals surface area contributed by atoms with Crippen molar-refractivity contribution in [3.05, 3.63) is 47.9 Å². The summed E-state index contributed by atoms with van der Waals surface area (Å²) >= 11 is 0. The molecule has 0 saturated carbocycles. The van der Waals surface area contributed by atoms with Crippen molar-refractivity contribution in [1.82, 2.24) is 25.1 Å². The zero-order chi connectivity index (χ0) is 23.2. The van der Waals surface area contributed by atoms with Crippen molar-refractivity contribution in [3.63, 3.8) is 0 Å². The Morgan fingerprint density at radius 2 is 2.12 bits per heavy atom. The number of aromatic amines is 1. The third kappa shape index (κ3) is 5.19. The molecule has 3 heterocycles. The molecular weight excluding hydrogens is 426 g/mol. The van der Waals surface area contributed by atoms with Crippen LogP contribution >= 0.6 is 0 Å². The molecule has 1 amide bonds. The molecule has 1 saturated heterocycles. The number of aromatic nitrogens is 4. The van der Waals surface area contributed by atoms with Crippen molar-refractivity contribution < 1.29 is 19.4 Å². The van der Waals surface area contributed by atoms with E-state index in [1.807, 2.05) is 24.3 Å². The van der Waals surface area contributed by atoms with Gasteiger partial charge in [0.05, 0.1) is 25.2 Å². The van der Waals surface area contributed by atoms with Gasteiger partial charge >= 0.3 is 6.09 Å². The van der Waals surface area contributed by atoms with Crippen molar-refractivity contribution in [1.29, 1.82) is 5.26 Å². The molecule has 4 rings (SSSR count). The van der Waals surface area contributed by atoms with Crippen molar-refractivity contribution in [2.75, 3.05) is 25.6 Å². The minimum atomic E-state index is -0.944. The fourth-order valence-corrected chi connectivity index (χ4v) is 3.71. The number of hydrogen-bond donors (Lipinski definition) is 3. The number of amides is 1. The van der Waals surface area contributed by atoms with E-state index in [1.165, 1.54) is 17.3 Å². The van der Waals surface area contributed by atoms with Gasteiger partial charge in [-0.25, -0.2) is 14.8 Å². The number of ether oxygens (including phenoxy) is 2. The number of nitrogens with zero attached hydrogens (tertiary/aromatic N) is 5. The number of benzene rings is 1. The van der Waals surface area contributed by atoms with Gasteiger partial charge in [-0.3, -0.25) is 5.10 Å². The van der Waals surface area contributed by atoms with Gasteiger partial charge in [-0.2, -0.15) is 10.4 Å². The van der Waals surface area contributed by atoms with Crippen LogP contribution < -0.4 is 10.1 Å². The van der Waals surface area contributed by atoms with E-state index in [0.717, 1.165) is 11.1 Å². The van der Waals surface area contributed by atoms with Crippen LogP contribution in [-0.4, -0.2) is 62.6 Å². The lowest BCUT2D eigenvalue weighted by molar-refractivity contribution is 0.0331. The zero-order valence-corrected chi connectivity index (χ0v) is 18.0. The van der Waals surface area contributed by atoms with Gasteiger partial charge in [-0.05, 0) is 30.5 Å². The van der Waals surface area contributed by atoms with Crippen LogP contribution in [0.5, 0.6) is 5.75 Å². The first-order chi connectivity index (χ1) is 16.1. The Kier molecular flexibility index (Phi) is 6.66. The standard InChI is InChI=1S/C22H23N7O4/c1-32-19-8-14(13-29(22(30)31)16-4-6-33-7-5-16)2-3-17(19)18-9-20(28-27-18)26-21-12-24-15(10-23)11-25-21/h2-3,8-9,11-12,16H,4-7,13H2,1H3,(H,30,31)(H2,25,26,27,28). The Balaban J connectivity index is 1.50. The van der Waals surface area contributed by atoms with E-state index in [9.17, 15) is 9.90 Å². The average molecular weight is 449 g/mol. The van der Waals surface area contributed by atoms with Crippen LogP contribution in [0.1, 0.15) is 24.1 Å². The molecule has 0 aliphatic carbocycles. The third-order valence-corrected chi connectivity index (χ3v) is 5.39. The van der Waals surface area contributed by atoms with Gasteiger partial charge in [0.15, 0.2) is 11.5 Å². The molecule has 1 aliphatic heterocycles. The normalized spacial score (nSPS) is 13.8. The molecule has 11 nitrogen and oxygen atoms in total. The van der Waals surface area contributed by atoms with Crippen molar-refractivity contribution in [2.24, 2.45) is 0 Å². The summed E-state index contributed by atoms with van der Waals surface area (Å²) in [6.45, 7) is 1.41. The quantitative estimate of drug-likeness (QED) is 0.494. The summed E-state index contributed by atoms with van der Waals surface area (Å²) < 4.78 is 10.9. The first kappa shape index (κ1) is 22.0. The maximum Gasteiger partial charge on any atom is 0.407 e. The Bertz CT molecular complexity index is 1150. The fraction of sp³-hybridized carbons (Fsp3) is 0.318. The van der Waals surface area contributed by atoms with E-state index < -0.39 is 6.09 Å². The largest absolute Gasteiger partial charge is 0.496 e. The molecule has 1 aromatic carbocycles. The van der Waals surface area contributed by atoms with Gasteiger partial charge in [0.2, 0.25) is 0 Å². The maximum absolute atomic E-state index is 11.8. The molecule has 1 aliphatic rings. The van der Waals surface area contributed by atoms with E-state index in [1.54, 1.807) is 13.2 Å². The molecule has 33 heavy (non-hydrogen) atoms. The van der Waals surface area contributed by atoms with Crippen LogP contribution in [0, 0.1) is 11.3 Å². The highest BCUT2D eigenvalue weighted by Gasteiger charge is 2.26. The lowest BCUT2D eigenvalue weighted by Gasteiger charge is -2.32.